The van der Waals surface area contributed by atoms with Crippen molar-refractivity contribution in [3.8, 4) is 0 Å². The summed E-state index contributed by atoms with van der Waals surface area (Å²) >= 11 is 0. The molecule has 1 aromatic rings. The number of hydrogen-bond donors (Lipinski definition) is 1. The van der Waals surface area contributed by atoms with E-state index in [-0.39, 0.29) is 11.9 Å². The molecular weight excluding hydrogens is 258 g/mol. The minimum atomic E-state index is -0.384. The summed E-state index contributed by atoms with van der Waals surface area (Å²) in [6.45, 7) is 5.72. The van der Waals surface area contributed by atoms with Crippen molar-refractivity contribution in [3.63, 3.8) is 0 Å². The van der Waals surface area contributed by atoms with Gasteiger partial charge in [-0.1, -0.05) is 6.92 Å². The summed E-state index contributed by atoms with van der Waals surface area (Å²) in [6, 6.07) is 4.06. The van der Waals surface area contributed by atoms with E-state index in [9.17, 15) is 0 Å². The quantitative estimate of drug-likeness (QED) is 0.892. The number of furan rings is 1. The van der Waals surface area contributed by atoms with Crippen molar-refractivity contribution in [1.82, 2.24) is 5.32 Å². The van der Waals surface area contributed by atoms with Crippen LogP contribution in [0.1, 0.15) is 31.3 Å². The molecule has 2 aliphatic rings. The molecule has 0 aliphatic carbocycles. The highest BCUT2D eigenvalue weighted by molar-refractivity contribution is 5.06. The fraction of sp³-hybridized carbons (Fsp3) is 0.733. The molecule has 0 unspecified atom stereocenters. The van der Waals surface area contributed by atoms with Crippen molar-refractivity contribution < 1.29 is 18.6 Å². The van der Waals surface area contributed by atoms with Gasteiger partial charge in [-0.05, 0) is 12.1 Å². The molecule has 20 heavy (non-hydrogen) atoms. The monoisotopic (exact) mass is 281 g/mol. The topological polar surface area (TPSA) is 52.9 Å². The van der Waals surface area contributed by atoms with E-state index in [1.54, 1.807) is 0 Å². The Kier molecular flexibility index (Phi) is 4.41. The average Bonchev–Trinajstić information content (AvgIpc) is 3.08. The van der Waals surface area contributed by atoms with Gasteiger partial charge in [0, 0.05) is 25.8 Å². The van der Waals surface area contributed by atoms with Crippen LogP contribution in [0.25, 0.3) is 0 Å². The van der Waals surface area contributed by atoms with Crippen molar-refractivity contribution in [1.29, 1.82) is 0 Å². The van der Waals surface area contributed by atoms with Crippen LogP contribution in [0.5, 0.6) is 0 Å². The van der Waals surface area contributed by atoms with Gasteiger partial charge in [0.2, 0.25) is 0 Å². The average molecular weight is 281 g/mol. The lowest BCUT2D eigenvalue weighted by atomic mass is 10.1. The summed E-state index contributed by atoms with van der Waals surface area (Å²) in [7, 11) is 0. The molecule has 2 fully saturated rings. The number of ether oxygens (including phenoxy) is 3. The predicted octanol–water partition coefficient (Wildman–Crippen LogP) is 1.85. The molecule has 112 valence electrons. The molecule has 3 rings (SSSR count). The second-order valence-electron chi connectivity index (χ2n) is 5.43. The van der Waals surface area contributed by atoms with Gasteiger partial charge in [-0.3, -0.25) is 0 Å². The maximum Gasteiger partial charge on any atom is 0.173 e. The second kappa shape index (κ2) is 6.26. The lowest BCUT2D eigenvalue weighted by Gasteiger charge is -2.31. The van der Waals surface area contributed by atoms with Crippen molar-refractivity contribution in [2.24, 2.45) is 0 Å². The largest absolute Gasteiger partial charge is 0.465 e. The maximum atomic E-state index is 6.06. The van der Waals surface area contributed by atoms with Gasteiger partial charge >= 0.3 is 0 Å². The van der Waals surface area contributed by atoms with Gasteiger partial charge in [-0.25, -0.2) is 0 Å². The van der Waals surface area contributed by atoms with Crippen molar-refractivity contribution >= 4 is 0 Å². The van der Waals surface area contributed by atoms with Crippen LogP contribution in [0.3, 0.4) is 0 Å². The molecule has 0 saturated carbocycles. The lowest BCUT2D eigenvalue weighted by Crippen LogP contribution is -2.39. The molecule has 1 atom stereocenters. The second-order valence-corrected chi connectivity index (χ2v) is 5.43. The highest BCUT2D eigenvalue weighted by atomic mass is 16.7. The van der Waals surface area contributed by atoms with Crippen molar-refractivity contribution in [2.75, 3.05) is 26.4 Å². The van der Waals surface area contributed by atoms with Gasteiger partial charge in [0.05, 0.1) is 32.5 Å². The molecule has 0 amide bonds. The van der Waals surface area contributed by atoms with Gasteiger partial charge in [-0.2, -0.15) is 0 Å². The maximum absolute atomic E-state index is 6.06. The third kappa shape index (κ3) is 3.23. The Hall–Kier alpha value is -0.880. The molecule has 1 aromatic heterocycles. The Balaban J connectivity index is 1.41. The van der Waals surface area contributed by atoms with E-state index < -0.39 is 0 Å². The van der Waals surface area contributed by atoms with Crippen LogP contribution in [0, 0.1) is 0 Å². The van der Waals surface area contributed by atoms with E-state index in [1.165, 1.54) is 0 Å². The van der Waals surface area contributed by atoms with E-state index in [4.69, 9.17) is 18.6 Å². The molecule has 5 heteroatoms. The van der Waals surface area contributed by atoms with Gasteiger partial charge in [0.15, 0.2) is 5.79 Å². The highest BCUT2D eigenvalue weighted by Crippen LogP contribution is 2.32. The fourth-order valence-corrected chi connectivity index (χ4v) is 2.73. The summed E-state index contributed by atoms with van der Waals surface area (Å²) < 4.78 is 22.9. The normalized spacial score (nSPS) is 25.4. The third-order valence-electron chi connectivity index (χ3n) is 3.91. The summed E-state index contributed by atoms with van der Waals surface area (Å²) in [5, 5.41) is 3.37. The van der Waals surface area contributed by atoms with E-state index in [1.807, 2.05) is 12.1 Å². The highest BCUT2D eigenvalue weighted by Gasteiger charge is 2.42. The van der Waals surface area contributed by atoms with Crippen molar-refractivity contribution in [3.05, 3.63) is 23.7 Å². The van der Waals surface area contributed by atoms with E-state index in [0.717, 1.165) is 57.1 Å². The SMILES string of the molecule is CCc1ccc(CNC[C@H]2COC3(CCOCC3)O2)o1. The molecule has 0 radical (unpaired) electrons. The summed E-state index contributed by atoms with van der Waals surface area (Å²) in [6.07, 6.45) is 2.72. The molecule has 0 aromatic carbocycles. The summed E-state index contributed by atoms with van der Waals surface area (Å²) in [5.41, 5.74) is 0. The number of aryl methyl sites for hydroxylation is 1. The molecule has 3 heterocycles. The van der Waals surface area contributed by atoms with Crippen LogP contribution in [-0.4, -0.2) is 38.3 Å². The smallest absolute Gasteiger partial charge is 0.173 e. The Morgan fingerprint density at radius 1 is 1.25 bits per heavy atom. The summed E-state index contributed by atoms with van der Waals surface area (Å²) in [5.74, 6) is 1.62. The van der Waals surface area contributed by atoms with Gasteiger partial charge in [0.1, 0.15) is 11.5 Å². The number of nitrogens with one attached hydrogen (secondary N) is 1. The Morgan fingerprint density at radius 3 is 2.80 bits per heavy atom. The minimum Gasteiger partial charge on any atom is -0.465 e. The first-order valence-electron chi connectivity index (χ1n) is 7.47. The molecule has 0 bridgehead atoms. The van der Waals surface area contributed by atoms with Crippen LogP contribution in [0.15, 0.2) is 16.5 Å². The minimum absolute atomic E-state index is 0.119. The zero-order valence-corrected chi connectivity index (χ0v) is 12.0. The number of rotatable bonds is 5. The predicted molar refractivity (Wildman–Crippen MR) is 73.4 cm³/mol. The molecule has 1 N–H and O–H groups in total. The van der Waals surface area contributed by atoms with Crippen LogP contribution in [-0.2, 0) is 27.2 Å². The van der Waals surface area contributed by atoms with Crippen LogP contribution in [0.2, 0.25) is 0 Å². The summed E-state index contributed by atoms with van der Waals surface area (Å²) in [4.78, 5) is 0. The lowest BCUT2D eigenvalue weighted by molar-refractivity contribution is -0.210. The fourth-order valence-electron chi connectivity index (χ4n) is 2.73. The number of hydrogen-bond acceptors (Lipinski definition) is 5. The molecule has 5 nitrogen and oxygen atoms in total. The Bertz CT molecular complexity index is 425. The first-order valence-corrected chi connectivity index (χ1v) is 7.47. The zero-order chi connectivity index (χ0) is 13.8. The Morgan fingerprint density at radius 2 is 2.05 bits per heavy atom. The van der Waals surface area contributed by atoms with Gasteiger partial charge in [0.25, 0.3) is 0 Å². The molecule has 1 spiro atoms. The molecule has 2 saturated heterocycles. The Labute approximate surface area is 119 Å². The van der Waals surface area contributed by atoms with Crippen molar-refractivity contribution in [2.45, 2.75) is 44.6 Å². The van der Waals surface area contributed by atoms with Gasteiger partial charge < -0.3 is 23.9 Å². The molecule has 2 aliphatic heterocycles. The van der Waals surface area contributed by atoms with Crippen LogP contribution >= 0.6 is 0 Å². The van der Waals surface area contributed by atoms with Gasteiger partial charge in [-0.15, -0.1) is 0 Å². The van der Waals surface area contributed by atoms with E-state index in [2.05, 4.69) is 12.2 Å². The standard InChI is InChI=1S/C15H23NO4/c1-2-12-3-4-13(19-12)9-16-10-14-11-18-15(20-14)5-7-17-8-6-15/h3-4,14,16H,2,5-11H2,1H3/t14-/m0/s1. The van der Waals surface area contributed by atoms with Crippen LogP contribution < -0.4 is 5.32 Å². The van der Waals surface area contributed by atoms with Crippen LogP contribution in [0.4, 0.5) is 0 Å². The van der Waals surface area contributed by atoms with E-state index in [0.29, 0.717) is 6.61 Å². The first-order chi connectivity index (χ1) is 9.80. The molecular formula is C15H23NO4. The zero-order valence-electron chi connectivity index (χ0n) is 12.0. The van der Waals surface area contributed by atoms with E-state index >= 15 is 0 Å². The third-order valence-corrected chi connectivity index (χ3v) is 3.91. The first kappa shape index (κ1) is 14.1.